The van der Waals surface area contributed by atoms with Gasteiger partial charge in [-0.1, -0.05) is 30.3 Å². The molecule has 0 aliphatic carbocycles. The van der Waals surface area contributed by atoms with Gasteiger partial charge in [-0.15, -0.1) is 11.8 Å². The van der Waals surface area contributed by atoms with Crippen molar-refractivity contribution >= 4 is 17.7 Å². The lowest BCUT2D eigenvalue weighted by Crippen LogP contribution is -2.35. The molecule has 0 unspecified atom stereocenters. The van der Waals surface area contributed by atoms with E-state index >= 15 is 0 Å². The minimum absolute atomic E-state index is 0.0377. The molecule has 1 aromatic carbocycles. The van der Waals surface area contributed by atoms with Crippen LogP contribution in [0.3, 0.4) is 0 Å². The van der Waals surface area contributed by atoms with Crippen molar-refractivity contribution in [2.24, 2.45) is 0 Å². The van der Waals surface area contributed by atoms with Crippen molar-refractivity contribution in [3.05, 3.63) is 41.5 Å². The third-order valence-electron chi connectivity index (χ3n) is 4.62. The number of aromatic nitrogens is 2. The van der Waals surface area contributed by atoms with Crippen LogP contribution in [-0.2, 0) is 11.2 Å². The molecule has 0 spiro atoms. The quantitative estimate of drug-likeness (QED) is 0.865. The summed E-state index contributed by atoms with van der Waals surface area (Å²) >= 11 is 1.77. The van der Waals surface area contributed by atoms with Gasteiger partial charge in [0.05, 0.1) is 12.0 Å². The molecule has 1 amide bonds. The number of rotatable bonds is 3. The number of hydrogen-bond donors (Lipinski definition) is 0. The predicted octanol–water partition coefficient (Wildman–Crippen LogP) is 3.19. The number of carbonyl (C=O) groups is 1. The van der Waals surface area contributed by atoms with Crippen LogP contribution in [0.1, 0.15) is 49.0 Å². The van der Waals surface area contributed by atoms with Crippen LogP contribution in [0.25, 0.3) is 0 Å². The monoisotopic (exact) mass is 329 g/mol. The van der Waals surface area contributed by atoms with Crippen LogP contribution < -0.4 is 0 Å². The Hall–Kier alpha value is -1.82. The van der Waals surface area contributed by atoms with E-state index in [0.29, 0.717) is 11.7 Å². The molecule has 1 aromatic heterocycles. The molecule has 2 aliphatic rings. The summed E-state index contributed by atoms with van der Waals surface area (Å²) in [5.74, 6) is 2.28. The summed E-state index contributed by atoms with van der Waals surface area (Å²) in [7, 11) is 0. The fourth-order valence-electron chi connectivity index (χ4n) is 3.41. The van der Waals surface area contributed by atoms with E-state index in [1.54, 1.807) is 11.8 Å². The second-order valence-corrected chi connectivity index (χ2v) is 7.05. The lowest BCUT2D eigenvalue weighted by atomic mass is 9.99. The third-order valence-corrected chi connectivity index (χ3v) is 5.80. The van der Waals surface area contributed by atoms with Gasteiger partial charge in [-0.25, -0.2) is 0 Å². The first-order valence-electron chi connectivity index (χ1n) is 8.12. The van der Waals surface area contributed by atoms with Crippen molar-refractivity contribution in [1.29, 1.82) is 0 Å². The third kappa shape index (κ3) is 2.55. The van der Waals surface area contributed by atoms with Gasteiger partial charge in [0.15, 0.2) is 5.82 Å². The van der Waals surface area contributed by atoms with E-state index in [-0.39, 0.29) is 17.9 Å². The molecule has 4 rings (SSSR count). The molecule has 0 bridgehead atoms. The van der Waals surface area contributed by atoms with Crippen LogP contribution in [-0.4, -0.2) is 33.2 Å². The fourth-order valence-corrected chi connectivity index (χ4v) is 4.63. The van der Waals surface area contributed by atoms with Gasteiger partial charge < -0.3 is 9.42 Å². The number of likely N-dealkylation sites (tertiary alicyclic amines) is 1. The van der Waals surface area contributed by atoms with Crippen LogP contribution in [0.15, 0.2) is 33.7 Å². The molecule has 0 saturated carbocycles. The first-order valence-corrected chi connectivity index (χ1v) is 9.11. The minimum atomic E-state index is -0.0469. The molecule has 2 atom stereocenters. The normalized spacial score (nSPS) is 23.3. The first-order chi connectivity index (χ1) is 11.3. The van der Waals surface area contributed by atoms with E-state index in [2.05, 4.69) is 22.3 Å². The Kier molecular flexibility index (Phi) is 3.85. The van der Waals surface area contributed by atoms with Gasteiger partial charge in [-0.2, -0.15) is 4.98 Å². The largest absolute Gasteiger partial charge is 0.339 e. The summed E-state index contributed by atoms with van der Waals surface area (Å²) in [6.45, 7) is 2.77. The van der Waals surface area contributed by atoms with E-state index in [1.165, 1.54) is 4.90 Å². The highest BCUT2D eigenvalue weighted by atomic mass is 32.2. The molecular formula is C17H19N3O2S. The Morgan fingerprint density at radius 1 is 1.43 bits per heavy atom. The van der Waals surface area contributed by atoms with Crippen molar-refractivity contribution in [1.82, 2.24) is 15.0 Å². The highest BCUT2D eigenvalue weighted by molar-refractivity contribution is 7.99. The summed E-state index contributed by atoms with van der Waals surface area (Å²) in [4.78, 5) is 20.7. The Morgan fingerprint density at radius 2 is 2.30 bits per heavy atom. The first kappa shape index (κ1) is 14.8. The maximum Gasteiger partial charge on any atom is 0.231 e. The van der Waals surface area contributed by atoms with Gasteiger partial charge in [0.25, 0.3) is 0 Å². The lowest BCUT2D eigenvalue weighted by molar-refractivity contribution is -0.133. The average Bonchev–Trinajstić information content (AvgIpc) is 3.31. The van der Waals surface area contributed by atoms with Crippen LogP contribution in [0.2, 0.25) is 0 Å². The predicted molar refractivity (Wildman–Crippen MR) is 87.3 cm³/mol. The van der Waals surface area contributed by atoms with Gasteiger partial charge in [0.2, 0.25) is 11.8 Å². The van der Waals surface area contributed by atoms with E-state index in [4.69, 9.17) is 4.52 Å². The Labute approximate surface area is 139 Å². The molecule has 120 valence electrons. The summed E-state index contributed by atoms with van der Waals surface area (Å²) < 4.78 is 5.23. The van der Waals surface area contributed by atoms with Crippen molar-refractivity contribution < 1.29 is 9.32 Å². The van der Waals surface area contributed by atoms with E-state index < -0.39 is 0 Å². The molecule has 2 aromatic rings. The lowest BCUT2D eigenvalue weighted by Gasteiger charge is -2.25. The van der Waals surface area contributed by atoms with Crippen LogP contribution in [0.5, 0.6) is 0 Å². The fraction of sp³-hybridized carbons (Fsp3) is 0.471. The smallest absolute Gasteiger partial charge is 0.231 e. The summed E-state index contributed by atoms with van der Waals surface area (Å²) in [6, 6.07) is 8.18. The molecule has 2 aliphatic heterocycles. The number of fused-ring (bicyclic) bond motifs is 1. The molecule has 3 heterocycles. The molecular weight excluding hydrogens is 310 g/mol. The Balaban J connectivity index is 1.58. The Bertz CT molecular complexity index is 730. The van der Waals surface area contributed by atoms with Crippen molar-refractivity contribution in [2.75, 3.05) is 12.3 Å². The van der Waals surface area contributed by atoms with Gasteiger partial charge in [0.1, 0.15) is 0 Å². The molecule has 6 heteroatoms. The SMILES string of the molecule is CCc1nc([C@@H]2CCCN2C(=O)[C@H]2CSc3ccccc32)no1. The summed E-state index contributed by atoms with van der Waals surface area (Å²) in [5.41, 5.74) is 1.16. The standard InChI is InChI=1S/C17H19N3O2S/c1-2-15-18-16(19-22-15)13-7-5-9-20(13)17(21)12-10-23-14-8-4-3-6-11(12)14/h3-4,6,8,12-13H,2,5,7,9-10H2,1H3/t12-,13-/m0/s1. The number of amides is 1. The Morgan fingerprint density at radius 3 is 3.13 bits per heavy atom. The second-order valence-electron chi connectivity index (χ2n) is 5.99. The zero-order valence-corrected chi connectivity index (χ0v) is 13.9. The maximum atomic E-state index is 13.1. The van der Waals surface area contributed by atoms with Gasteiger partial charge in [0, 0.05) is 23.6 Å². The number of nitrogens with zero attached hydrogens (tertiary/aromatic N) is 3. The van der Waals surface area contributed by atoms with Gasteiger partial charge in [-0.05, 0) is 24.5 Å². The summed E-state index contributed by atoms with van der Waals surface area (Å²) in [5, 5.41) is 4.09. The second kappa shape index (κ2) is 6.00. The van der Waals surface area contributed by atoms with E-state index in [1.807, 2.05) is 24.0 Å². The molecule has 1 fully saturated rings. The van der Waals surface area contributed by atoms with Crippen LogP contribution in [0.4, 0.5) is 0 Å². The molecule has 1 saturated heterocycles. The maximum absolute atomic E-state index is 13.1. The number of thioether (sulfide) groups is 1. The zero-order chi connectivity index (χ0) is 15.8. The van der Waals surface area contributed by atoms with Gasteiger partial charge in [-0.3, -0.25) is 4.79 Å². The topological polar surface area (TPSA) is 59.2 Å². The van der Waals surface area contributed by atoms with Crippen molar-refractivity contribution in [3.8, 4) is 0 Å². The zero-order valence-electron chi connectivity index (χ0n) is 13.1. The number of aryl methyl sites for hydroxylation is 1. The van der Waals surface area contributed by atoms with E-state index in [9.17, 15) is 4.79 Å². The molecule has 5 nitrogen and oxygen atoms in total. The van der Waals surface area contributed by atoms with E-state index in [0.717, 1.165) is 37.1 Å². The highest BCUT2D eigenvalue weighted by Crippen LogP contribution is 2.42. The number of hydrogen-bond acceptors (Lipinski definition) is 5. The summed E-state index contributed by atoms with van der Waals surface area (Å²) in [6.07, 6.45) is 2.63. The van der Waals surface area contributed by atoms with Crippen LogP contribution in [0, 0.1) is 0 Å². The van der Waals surface area contributed by atoms with Crippen LogP contribution >= 0.6 is 11.8 Å². The van der Waals surface area contributed by atoms with Crippen molar-refractivity contribution in [3.63, 3.8) is 0 Å². The molecule has 23 heavy (non-hydrogen) atoms. The minimum Gasteiger partial charge on any atom is -0.339 e. The molecule has 0 radical (unpaired) electrons. The molecule has 0 N–H and O–H groups in total. The van der Waals surface area contributed by atoms with Crippen molar-refractivity contribution in [2.45, 2.75) is 43.0 Å². The number of carbonyl (C=O) groups excluding carboxylic acids is 1. The van der Waals surface area contributed by atoms with Gasteiger partial charge >= 0.3 is 0 Å². The average molecular weight is 329 g/mol. The highest BCUT2D eigenvalue weighted by Gasteiger charge is 2.39. The number of benzene rings is 1.